The van der Waals surface area contributed by atoms with E-state index in [9.17, 15) is 14.7 Å². The van der Waals surface area contributed by atoms with E-state index in [1.165, 1.54) is 6.07 Å². The molecule has 2 heterocycles. The zero-order valence-corrected chi connectivity index (χ0v) is 21.9. The molecule has 4 saturated carbocycles. The van der Waals surface area contributed by atoms with Crippen molar-refractivity contribution < 1.29 is 14.3 Å². The van der Waals surface area contributed by atoms with Crippen molar-refractivity contribution in [3.8, 4) is 0 Å². The van der Waals surface area contributed by atoms with Crippen LogP contribution in [0, 0.1) is 28.6 Å². The number of amides is 2. The maximum Gasteiger partial charge on any atom is 0.335 e. The summed E-state index contributed by atoms with van der Waals surface area (Å²) in [7, 11) is 0. The summed E-state index contributed by atoms with van der Waals surface area (Å²) in [6.45, 7) is 8.12. The normalized spacial score (nSPS) is 44.3. The molecule has 5 fully saturated rings. The molecule has 36 heavy (non-hydrogen) atoms. The van der Waals surface area contributed by atoms with Crippen molar-refractivity contribution in [2.24, 2.45) is 28.6 Å². The first kappa shape index (κ1) is 24.5. The minimum absolute atomic E-state index is 0.107. The maximum absolute atomic E-state index is 12.8. The maximum atomic E-state index is 12.8. The van der Waals surface area contributed by atoms with E-state index in [1.54, 1.807) is 6.26 Å². The number of rotatable bonds is 2. The molecule has 1 aliphatic heterocycles. The predicted octanol–water partition coefficient (Wildman–Crippen LogP) is 3.86. The lowest BCUT2D eigenvalue weighted by Gasteiger charge is -2.63. The van der Waals surface area contributed by atoms with Gasteiger partial charge in [-0.3, -0.25) is 0 Å². The molecule has 7 nitrogen and oxygen atoms in total. The molecular weight excluding hydrogens is 454 g/mol. The summed E-state index contributed by atoms with van der Waals surface area (Å²) in [5.74, 6) is 1.69. The Bertz CT molecular complexity index is 1030. The number of aliphatic hydroxyl groups is 1. The highest BCUT2D eigenvalue weighted by Gasteiger charge is 2.67. The van der Waals surface area contributed by atoms with Crippen LogP contribution in [0.25, 0.3) is 0 Å². The second-order valence-corrected chi connectivity index (χ2v) is 13.0. The van der Waals surface area contributed by atoms with E-state index in [0.717, 1.165) is 89.5 Å². The minimum atomic E-state index is -0.669. The van der Waals surface area contributed by atoms with Gasteiger partial charge in [-0.15, -0.1) is 0 Å². The summed E-state index contributed by atoms with van der Waals surface area (Å²) in [6, 6.07) is 3.80. The number of nitrogens with one attached hydrogen (secondary N) is 2. The molecule has 1 unspecified atom stereocenters. The molecule has 1 aromatic heterocycles. The van der Waals surface area contributed by atoms with Gasteiger partial charge in [-0.2, -0.15) is 0 Å². The zero-order chi connectivity index (χ0) is 25.1. The zero-order valence-electron chi connectivity index (χ0n) is 21.9. The van der Waals surface area contributed by atoms with E-state index in [2.05, 4.69) is 24.5 Å². The Morgan fingerprint density at radius 3 is 2.61 bits per heavy atom. The van der Waals surface area contributed by atoms with E-state index < -0.39 is 5.60 Å². The van der Waals surface area contributed by atoms with Crippen molar-refractivity contribution in [2.45, 2.75) is 89.2 Å². The first-order valence-corrected chi connectivity index (χ1v) is 14.3. The summed E-state index contributed by atoms with van der Waals surface area (Å²) >= 11 is 0. The van der Waals surface area contributed by atoms with Crippen molar-refractivity contribution in [1.82, 2.24) is 15.5 Å². The highest BCUT2D eigenvalue weighted by molar-refractivity contribution is 5.74. The largest absolute Gasteiger partial charge is 0.431 e. The highest BCUT2D eigenvalue weighted by atomic mass is 16.4. The molecule has 1 saturated heterocycles. The number of carbonyl (C=O) groups is 1. The highest BCUT2D eigenvalue weighted by Crippen LogP contribution is 2.70. The average molecular weight is 498 g/mol. The van der Waals surface area contributed by atoms with Crippen LogP contribution in [0.5, 0.6) is 0 Å². The first-order chi connectivity index (χ1) is 17.2. The summed E-state index contributed by atoms with van der Waals surface area (Å²) < 4.78 is 5.22. The summed E-state index contributed by atoms with van der Waals surface area (Å²) in [5.41, 5.74) is 0.122. The van der Waals surface area contributed by atoms with E-state index in [4.69, 9.17) is 4.42 Å². The average Bonchev–Trinajstić information content (AvgIpc) is 3.16. The van der Waals surface area contributed by atoms with Crippen LogP contribution in [0.3, 0.4) is 0 Å². The molecule has 1 aromatic rings. The van der Waals surface area contributed by atoms with Gasteiger partial charge in [-0.05, 0) is 98.5 Å². The van der Waals surface area contributed by atoms with Crippen molar-refractivity contribution in [1.29, 1.82) is 0 Å². The predicted molar refractivity (Wildman–Crippen MR) is 138 cm³/mol. The van der Waals surface area contributed by atoms with Crippen LogP contribution in [0.4, 0.5) is 4.79 Å². The van der Waals surface area contributed by atoms with E-state index in [-0.39, 0.29) is 34.4 Å². The Balaban J connectivity index is 1.17. The third-order valence-electron chi connectivity index (χ3n) is 11.7. The minimum Gasteiger partial charge on any atom is -0.431 e. The lowest BCUT2D eigenvalue weighted by Crippen LogP contribution is -2.62. The summed E-state index contributed by atoms with van der Waals surface area (Å²) in [4.78, 5) is 26.3. The van der Waals surface area contributed by atoms with Gasteiger partial charge in [0.05, 0.1) is 11.9 Å². The standard InChI is InChI=1S/C29H43N3O4/c1-27-10-7-21(31-26(34)32-15-13-30-14-16-32)17-20(27)4-5-24-23(27)8-11-28(2)22(9-12-29(24,28)35)19-3-6-25(33)36-18-19/h3,6,18,20-24,30,35H,4-5,7-17H2,1-2H3,(H,31,34)/t20-,21+,22-,23?,24-,27+,28-,29+/m1/s1. The quantitative estimate of drug-likeness (QED) is 0.577. The Morgan fingerprint density at radius 1 is 1.06 bits per heavy atom. The smallest absolute Gasteiger partial charge is 0.335 e. The van der Waals surface area contributed by atoms with Crippen molar-refractivity contribution >= 4 is 6.03 Å². The van der Waals surface area contributed by atoms with Gasteiger partial charge in [0.15, 0.2) is 0 Å². The van der Waals surface area contributed by atoms with Crippen LogP contribution < -0.4 is 16.3 Å². The topological polar surface area (TPSA) is 94.8 Å². The van der Waals surface area contributed by atoms with Gasteiger partial charge >= 0.3 is 11.7 Å². The van der Waals surface area contributed by atoms with Gasteiger partial charge in [-0.25, -0.2) is 9.59 Å². The molecule has 198 valence electrons. The molecule has 6 rings (SSSR count). The number of nitrogens with zero attached hydrogens (tertiary/aromatic N) is 1. The second-order valence-electron chi connectivity index (χ2n) is 13.0. The van der Waals surface area contributed by atoms with Gasteiger partial charge < -0.3 is 25.1 Å². The Morgan fingerprint density at radius 2 is 1.86 bits per heavy atom. The Labute approximate surface area is 214 Å². The summed E-state index contributed by atoms with van der Waals surface area (Å²) in [5, 5.41) is 19.1. The molecule has 4 aliphatic carbocycles. The molecule has 5 aliphatic rings. The third-order valence-corrected chi connectivity index (χ3v) is 11.7. The number of piperazine rings is 1. The Hall–Kier alpha value is -1.86. The van der Waals surface area contributed by atoms with Crippen molar-refractivity contribution in [3.63, 3.8) is 0 Å². The van der Waals surface area contributed by atoms with Gasteiger partial charge in [-0.1, -0.05) is 13.8 Å². The number of hydrogen-bond acceptors (Lipinski definition) is 5. The number of carbonyl (C=O) groups excluding carboxylic acids is 1. The SMILES string of the molecule is C[C@]12CC[C@H](NC(=O)N3CCNCC3)C[C@H]1CC[C@@H]1C2CC[C@]2(C)[C@@H](c3ccc(=O)oc3)CC[C@]12O. The molecule has 8 atom stereocenters. The molecular formula is C29H43N3O4. The second kappa shape index (κ2) is 8.87. The van der Waals surface area contributed by atoms with E-state index >= 15 is 0 Å². The van der Waals surface area contributed by atoms with E-state index in [0.29, 0.717) is 17.8 Å². The molecule has 2 amide bonds. The van der Waals surface area contributed by atoms with Crippen LogP contribution in [0.1, 0.15) is 83.1 Å². The fourth-order valence-corrected chi connectivity index (χ4v) is 9.59. The van der Waals surface area contributed by atoms with Crippen molar-refractivity contribution in [3.05, 3.63) is 34.4 Å². The fourth-order valence-electron chi connectivity index (χ4n) is 9.59. The Kier molecular flexibility index (Phi) is 6.03. The lowest BCUT2D eigenvalue weighted by molar-refractivity contribution is -0.201. The fraction of sp³-hybridized carbons (Fsp3) is 0.793. The van der Waals surface area contributed by atoms with Gasteiger partial charge in [0.25, 0.3) is 0 Å². The molecule has 0 spiro atoms. The molecule has 0 radical (unpaired) electrons. The molecule has 0 aromatic carbocycles. The lowest BCUT2D eigenvalue weighted by atomic mass is 9.43. The van der Waals surface area contributed by atoms with E-state index in [1.807, 2.05) is 11.0 Å². The molecule has 0 bridgehead atoms. The number of urea groups is 1. The number of fused-ring (bicyclic) bond motifs is 5. The van der Waals surface area contributed by atoms with Gasteiger partial charge in [0.2, 0.25) is 0 Å². The van der Waals surface area contributed by atoms with Crippen LogP contribution in [0.2, 0.25) is 0 Å². The van der Waals surface area contributed by atoms with Crippen LogP contribution in [0.15, 0.2) is 27.6 Å². The first-order valence-electron chi connectivity index (χ1n) is 14.3. The number of hydrogen-bond donors (Lipinski definition) is 3. The van der Waals surface area contributed by atoms with Crippen molar-refractivity contribution in [2.75, 3.05) is 26.2 Å². The van der Waals surface area contributed by atoms with Crippen LogP contribution in [-0.4, -0.2) is 53.9 Å². The monoisotopic (exact) mass is 497 g/mol. The van der Waals surface area contributed by atoms with Crippen LogP contribution in [-0.2, 0) is 0 Å². The summed E-state index contributed by atoms with van der Waals surface area (Å²) in [6.07, 6.45) is 11.0. The molecule has 3 N–H and O–H groups in total. The third kappa shape index (κ3) is 3.67. The van der Waals surface area contributed by atoms with Crippen LogP contribution >= 0.6 is 0 Å². The van der Waals surface area contributed by atoms with Gasteiger partial charge in [0, 0.05) is 43.7 Å². The molecule has 7 heteroatoms. The van der Waals surface area contributed by atoms with Gasteiger partial charge in [0.1, 0.15) is 0 Å².